The molecule has 0 radical (unpaired) electrons. The van der Waals surface area contributed by atoms with Crippen LogP contribution < -0.4 is 5.32 Å². The number of nitriles is 1. The second kappa shape index (κ2) is 7.45. The highest BCUT2D eigenvalue weighted by Crippen LogP contribution is 2.20. The first-order chi connectivity index (χ1) is 10.2. The molecule has 0 aliphatic heterocycles. The topological polar surface area (TPSA) is 70.7 Å². The predicted molar refractivity (Wildman–Crippen MR) is 77.5 cm³/mol. The molecule has 5 nitrogen and oxygen atoms in total. The lowest BCUT2D eigenvalue weighted by atomic mass is 10.3. The number of hydrogen-bond donors (Lipinski definition) is 1. The van der Waals surface area contributed by atoms with Crippen LogP contribution in [0.4, 0.5) is 4.39 Å². The third-order valence-electron chi connectivity index (χ3n) is 2.58. The van der Waals surface area contributed by atoms with E-state index in [1.807, 2.05) is 6.07 Å². The van der Waals surface area contributed by atoms with Gasteiger partial charge in [0.15, 0.2) is 5.16 Å². The zero-order chi connectivity index (χ0) is 15.1. The monoisotopic (exact) mass is 304 g/mol. The van der Waals surface area contributed by atoms with Crippen LogP contribution in [0, 0.1) is 17.1 Å². The molecule has 1 amide bonds. The van der Waals surface area contributed by atoms with Crippen LogP contribution in [0.1, 0.15) is 6.42 Å². The molecule has 21 heavy (non-hydrogen) atoms. The molecule has 0 aliphatic carbocycles. The molecule has 1 N–H and O–H groups in total. The summed E-state index contributed by atoms with van der Waals surface area (Å²) in [6, 6.07) is 8.11. The summed E-state index contributed by atoms with van der Waals surface area (Å²) in [4.78, 5) is 15.7. The van der Waals surface area contributed by atoms with Gasteiger partial charge in [-0.1, -0.05) is 17.8 Å². The lowest BCUT2D eigenvalue weighted by Gasteiger charge is -2.07. The maximum absolute atomic E-state index is 13.2. The Morgan fingerprint density at radius 3 is 3.14 bits per heavy atom. The van der Waals surface area contributed by atoms with Gasteiger partial charge in [-0.3, -0.25) is 9.36 Å². The lowest BCUT2D eigenvalue weighted by Crippen LogP contribution is -2.26. The van der Waals surface area contributed by atoms with Gasteiger partial charge in [0, 0.05) is 18.9 Å². The van der Waals surface area contributed by atoms with Crippen molar-refractivity contribution in [3.05, 3.63) is 42.5 Å². The zero-order valence-electron chi connectivity index (χ0n) is 11.1. The van der Waals surface area contributed by atoms with Crippen LogP contribution in [0.25, 0.3) is 5.69 Å². The second-order valence-corrected chi connectivity index (χ2v) is 5.05. The van der Waals surface area contributed by atoms with Crippen molar-refractivity contribution in [3.63, 3.8) is 0 Å². The second-order valence-electron chi connectivity index (χ2n) is 4.11. The highest BCUT2D eigenvalue weighted by molar-refractivity contribution is 7.99. The van der Waals surface area contributed by atoms with Crippen molar-refractivity contribution in [1.29, 1.82) is 5.26 Å². The Morgan fingerprint density at radius 1 is 1.52 bits per heavy atom. The van der Waals surface area contributed by atoms with Gasteiger partial charge in [-0.25, -0.2) is 9.37 Å². The van der Waals surface area contributed by atoms with E-state index >= 15 is 0 Å². The van der Waals surface area contributed by atoms with Gasteiger partial charge in [0.25, 0.3) is 0 Å². The summed E-state index contributed by atoms with van der Waals surface area (Å²) in [5, 5.41) is 11.6. The molecule has 0 saturated heterocycles. The first-order valence-corrected chi connectivity index (χ1v) is 7.25. The molecule has 7 heteroatoms. The van der Waals surface area contributed by atoms with Crippen LogP contribution in [-0.4, -0.2) is 27.8 Å². The van der Waals surface area contributed by atoms with E-state index in [0.29, 0.717) is 17.4 Å². The number of aromatic nitrogens is 2. The minimum absolute atomic E-state index is 0.163. The minimum Gasteiger partial charge on any atom is -0.354 e. The van der Waals surface area contributed by atoms with E-state index in [1.165, 1.54) is 23.9 Å². The van der Waals surface area contributed by atoms with Crippen LogP contribution in [0.15, 0.2) is 41.8 Å². The highest BCUT2D eigenvalue weighted by atomic mass is 32.2. The lowest BCUT2D eigenvalue weighted by molar-refractivity contribution is -0.118. The number of nitrogens with zero attached hydrogens (tertiary/aromatic N) is 3. The van der Waals surface area contributed by atoms with Crippen LogP contribution in [-0.2, 0) is 4.79 Å². The number of hydrogen-bond acceptors (Lipinski definition) is 4. The molecule has 0 spiro atoms. The van der Waals surface area contributed by atoms with Crippen LogP contribution in [0.3, 0.4) is 0 Å². The molecular formula is C14H13FN4OS. The number of amides is 1. The van der Waals surface area contributed by atoms with Crippen molar-refractivity contribution in [2.45, 2.75) is 11.6 Å². The number of carbonyl (C=O) groups is 1. The minimum atomic E-state index is -0.327. The van der Waals surface area contributed by atoms with E-state index < -0.39 is 0 Å². The summed E-state index contributed by atoms with van der Waals surface area (Å²) in [6.45, 7) is 0.341. The number of carbonyl (C=O) groups excluding carboxylic acids is 1. The van der Waals surface area contributed by atoms with Crippen LogP contribution in [0.2, 0.25) is 0 Å². The average molecular weight is 304 g/mol. The summed E-state index contributed by atoms with van der Waals surface area (Å²) in [7, 11) is 0. The van der Waals surface area contributed by atoms with Crippen molar-refractivity contribution < 1.29 is 9.18 Å². The predicted octanol–water partition coefficient (Wildman–Crippen LogP) is 2.13. The van der Waals surface area contributed by atoms with Gasteiger partial charge in [0.2, 0.25) is 5.91 Å². The Kier molecular flexibility index (Phi) is 5.35. The van der Waals surface area contributed by atoms with Gasteiger partial charge >= 0.3 is 0 Å². The Bertz CT molecular complexity index is 665. The molecular weight excluding hydrogens is 291 g/mol. The maximum atomic E-state index is 13.2. The molecule has 1 aromatic heterocycles. The van der Waals surface area contributed by atoms with Crippen LogP contribution >= 0.6 is 11.8 Å². The molecule has 0 atom stereocenters. The van der Waals surface area contributed by atoms with Crippen molar-refractivity contribution in [3.8, 4) is 11.8 Å². The summed E-state index contributed by atoms with van der Waals surface area (Å²) < 4.78 is 15.0. The Balaban J connectivity index is 1.98. The molecule has 2 aromatic rings. The van der Waals surface area contributed by atoms with E-state index in [2.05, 4.69) is 10.3 Å². The largest absolute Gasteiger partial charge is 0.354 e. The fourth-order valence-corrected chi connectivity index (χ4v) is 2.46. The normalized spacial score (nSPS) is 10.1. The fraction of sp³-hybridized carbons (Fsp3) is 0.214. The number of thioether (sulfide) groups is 1. The van der Waals surface area contributed by atoms with Crippen molar-refractivity contribution in [1.82, 2.24) is 14.9 Å². The molecule has 0 fully saturated rings. The Labute approximate surface area is 125 Å². The number of halogens is 1. The summed E-state index contributed by atoms with van der Waals surface area (Å²) >= 11 is 1.26. The summed E-state index contributed by atoms with van der Waals surface area (Å²) in [5.41, 5.74) is 0.653. The van der Waals surface area contributed by atoms with E-state index in [9.17, 15) is 9.18 Å². The third-order valence-corrected chi connectivity index (χ3v) is 3.55. The first-order valence-electron chi connectivity index (χ1n) is 6.26. The van der Waals surface area contributed by atoms with Gasteiger partial charge < -0.3 is 5.32 Å². The van der Waals surface area contributed by atoms with Gasteiger partial charge in [0.1, 0.15) is 5.82 Å². The molecule has 108 valence electrons. The van der Waals surface area contributed by atoms with Gasteiger partial charge in [-0.05, 0) is 18.2 Å². The number of benzene rings is 1. The molecule has 1 heterocycles. The number of rotatable bonds is 6. The Hall–Kier alpha value is -2.33. The first kappa shape index (κ1) is 15.1. The molecule has 0 unspecified atom stereocenters. The van der Waals surface area contributed by atoms with E-state index in [4.69, 9.17) is 5.26 Å². The van der Waals surface area contributed by atoms with E-state index in [0.717, 1.165) is 0 Å². The van der Waals surface area contributed by atoms with Crippen molar-refractivity contribution >= 4 is 17.7 Å². The van der Waals surface area contributed by atoms with E-state index in [1.54, 1.807) is 29.1 Å². The number of imidazole rings is 1. The molecule has 0 bridgehead atoms. The molecule has 1 aromatic carbocycles. The summed E-state index contributed by atoms with van der Waals surface area (Å²) in [5.74, 6) is -0.298. The smallest absolute Gasteiger partial charge is 0.230 e. The molecule has 0 saturated carbocycles. The third kappa shape index (κ3) is 4.33. The summed E-state index contributed by atoms with van der Waals surface area (Å²) in [6.07, 6.45) is 3.60. The van der Waals surface area contributed by atoms with Crippen molar-refractivity contribution in [2.24, 2.45) is 0 Å². The fourth-order valence-electron chi connectivity index (χ4n) is 1.66. The number of nitrogens with one attached hydrogen (secondary N) is 1. The van der Waals surface area contributed by atoms with Gasteiger partial charge in [0.05, 0.1) is 23.9 Å². The van der Waals surface area contributed by atoms with Gasteiger partial charge in [-0.15, -0.1) is 0 Å². The Morgan fingerprint density at radius 2 is 2.38 bits per heavy atom. The van der Waals surface area contributed by atoms with E-state index in [-0.39, 0.29) is 23.9 Å². The zero-order valence-corrected chi connectivity index (χ0v) is 11.9. The molecule has 2 rings (SSSR count). The highest BCUT2D eigenvalue weighted by Gasteiger charge is 2.09. The molecule has 0 aliphatic rings. The quantitative estimate of drug-likeness (QED) is 0.655. The maximum Gasteiger partial charge on any atom is 0.230 e. The van der Waals surface area contributed by atoms with Gasteiger partial charge in [-0.2, -0.15) is 5.26 Å². The van der Waals surface area contributed by atoms with Crippen molar-refractivity contribution in [2.75, 3.05) is 12.3 Å². The average Bonchev–Trinajstić information content (AvgIpc) is 2.94. The SMILES string of the molecule is N#CCCNC(=O)CSc1nccn1-c1cccc(F)c1. The van der Waals surface area contributed by atoms with Crippen LogP contribution in [0.5, 0.6) is 0 Å². The standard InChI is InChI=1S/C14H13FN4OS/c15-11-3-1-4-12(9-11)19-8-7-18-14(19)21-10-13(20)17-6-2-5-16/h1,3-4,7-9H,2,6,10H2,(H,17,20).